The molecule has 0 fully saturated rings. The second kappa shape index (κ2) is 17.3. The smallest absolute Gasteiger partial charge is 0.322 e. The molecule has 45 heavy (non-hydrogen) atoms. The van der Waals surface area contributed by atoms with Crippen molar-refractivity contribution in [2.75, 3.05) is 23.7 Å². The predicted octanol–water partition coefficient (Wildman–Crippen LogP) is 8.43. The highest BCUT2D eigenvalue weighted by Crippen LogP contribution is 2.28. The number of carboxylic acids is 1. The second-order valence-corrected chi connectivity index (χ2v) is 12.8. The lowest BCUT2D eigenvalue weighted by Crippen LogP contribution is -2.29. The summed E-state index contributed by atoms with van der Waals surface area (Å²) in [5, 5.41) is 20.6. The molecular formula is C33H32ClFI2N4O4. The van der Waals surface area contributed by atoms with Crippen LogP contribution in [0.5, 0.6) is 0 Å². The van der Waals surface area contributed by atoms with Crippen LogP contribution < -0.4 is 21.3 Å². The first-order chi connectivity index (χ1) is 21.4. The fourth-order valence-electron chi connectivity index (χ4n) is 4.04. The number of carbonyl (C=O) groups excluding carboxylic acids is 2. The number of rotatable bonds is 10. The quantitative estimate of drug-likeness (QED) is 0.102. The molecule has 0 aliphatic heterocycles. The number of carboxylic acid groups (broad SMARTS) is 1. The van der Waals surface area contributed by atoms with Crippen molar-refractivity contribution in [2.24, 2.45) is 0 Å². The maximum Gasteiger partial charge on any atom is 0.322 e. The lowest BCUT2D eigenvalue weighted by molar-refractivity contribution is -0.135. The van der Waals surface area contributed by atoms with Gasteiger partial charge in [-0.05, 0) is 149 Å². The molecule has 0 aliphatic rings. The zero-order valence-corrected chi connectivity index (χ0v) is 29.8. The van der Waals surface area contributed by atoms with Crippen LogP contribution in [-0.4, -0.2) is 36.0 Å². The number of amides is 2. The summed E-state index contributed by atoms with van der Waals surface area (Å²) in [5.41, 5.74) is 5.54. The molecular weight excluding hydrogens is 825 g/mol. The zero-order chi connectivity index (χ0) is 33.1. The van der Waals surface area contributed by atoms with Gasteiger partial charge in [-0.15, -0.1) is 0 Å². The van der Waals surface area contributed by atoms with E-state index in [-0.39, 0.29) is 17.3 Å². The number of hydrogen-bond donors (Lipinski definition) is 5. The number of aryl methyl sites for hydroxylation is 2. The fraction of sp³-hybridized carbons (Fsp3) is 0.182. The van der Waals surface area contributed by atoms with Gasteiger partial charge in [0.2, 0.25) is 0 Å². The predicted molar refractivity (Wildman–Crippen MR) is 195 cm³/mol. The maximum atomic E-state index is 13.6. The number of anilines is 4. The molecule has 0 unspecified atom stereocenters. The average molecular weight is 857 g/mol. The van der Waals surface area contributed by atoms with E-state index in [0.717, 1.165) is 36.1 Å². The van der Waals surface area contributed by atoms with Crippen molar-refractivity contribution >= 4 is 97.3 Å². The average Bonchev–Trinajstić information content (AvgIpc) is 2.98. The molecule has 0 spiro atoms. The Balaban J connectivity index is 0.000000246. The van der Waals surface area contributed by atoms with Gasteiger partial charge in [0, 0.05) is 30.1 Å². The van der Waals surface area contributed by atoms with E-state index in [2.05, 4.69) is 66.4 Å². The van der Waals surface area contributed by atoms with Crippen molar-refractivity contribution in [1.82, 2.24) is 10.6 Å². The van der Waals surface area contributed by atoms with Gasteiger partial charge >= 0.3 is 5.97 Å². The van der Waals surface area contributed by atoms with Gasteiger partial charge in [0.05, 0.1) is 22.5 Å². The standard InChI is InChI=1S/C17H18FIN2O.C16H14ClIN2O3/c1-3-8-20-17(22)14-6-4-12(18)10-16(14)21-15-7-5-13(19)9-11(15)2;1-9-6-11(18)3-5-13(9)20-14-4-2-10(17)7-12(14)16(23)19-8-15(21)22/h4-7,9-10,21H,3,8H2,1-2H3,(H,20,22);2-7,20H,8H2,1H3,(H,19,23)(H,21,22). The summed E-state index contributed by atoms with van der Waals surface area (Å²) < 4.78 is 15.8. The van der Waals surface area contributed by atoms with E-state index in [1.165, 1.54) is 24.3 Å². The van der Waals surface area contributed by atoms with Crippen LogP contribution >= 0.6 is 56.8 Å². The number of aliphatic carboxylic acids is 1. The Labute approximate surface area is 293 Å². The van der Waals surface area contributed by atoms with Crippen molar-refractivity contribution in [2.45, 2.75) is 27.2 Å². The lowest BCUT2D eigenvalue weighted by Gasteiger charge is -2.14. The van der Waals surface area contributed by atoms with Gasteiger partial charge in [-0.25, -0.2) is 4.39 Å². The third-order valence-corrected chi connectivity index (χ3v) is 7.88. The Kier molecular flexibility index (Phi) is 13.9. The Morgan fingerprint density at radius 3 is 1.84 bits per heavy atom. The molecule has 8 nitrogen and oxygen atoms in total. The second-order valence-electron chi connectivity index (χ2n) is 9.88. The molecule has 2 amide bonds. The first-order valence-electron chi connectivity index (χ1n) is 13.8. The number of carbonyl (C=O) groups is 3. The molecule has 4 aromatic rings. The normalized spacial score (nSPS) is 10.3. The summed E-state index contributed by atoms with van der Waals surface area (Å²) in [4.78, 5) is 35.0. The highest BCUT2D eigenvalue weighted by Gasteiger charge is 2.15. The van der Waals surface area contributed by atoms with Crippen molar-refractivity contribution < 1.29 is 23.9 Å². The van der Waals surface area contributed by atoms with Gasteiger partial charge in [-0.1, -0.05) is 18.5 Å². The van der Waals surface area contributed by atoms with Crippen LogP contribution in [0.15, 0.2) is 72.8 Å². The number of benzene rings is 4. The van der Waals surface area contributed by atoms with E-state index in [1.54, 1.807) is 12.1 Å². The van der Waals surface area contributed by atoms with Gasteiger partial charge < -0.3 is 26.4 Å². The van der Waals surface area contributed by atoms with E-state index in [9.17, 15) is 18.8 Å². The van der Waals surface area contributed by atoms with E-state index < -0.39 is 18.4 Å². The van der Waals surface area contributed by atoms with Gasteiger partial charge in [-0.3, -0.25) is 14.4 Å². The summed E-state index contributed by atoms with van der Waals surface area (Å²) in [6.07, 6.45) is 0.853. The molecule has 0 saturated heterocycles. The SMILES string of the molecule is CCCNC(=O)c1ccc(F)cc1Nc1ccc(I)cc1C.Cc1cc(I)ccc1Nc1ccc(Cl)cc1C(=O)NCC(=O)O. The molecule has 5 N–H and O–H groups in total. The summed E-state index contributed by atoms with van der Waals surface area (Å²) >= 11 is 10.4. The van der Waals surface area contributed by atoms with Crippen LogP contribution in [0, 0.1) is 26.8 Å². The highest BCUT2D eigenvalue weighted by molar-refractivity contribution is 14.1. The Morgan fingerprint density at radius 2 is 1.29 bits per heavy atom. The Hall–Kier alpha value is -3.43. The van der Waals surface area contributed by atoms with Gasteiger partial charge in [0.1, 0.15) is 12.4 Å². The fourth-order valence-corrected chi connectivity index (χ4v) is 5.51. The third-order valence-electron chi connectivity index (χ3n) is 6.30. The largest absolute Gasteiger partial charge is 0.480 e. The molecule has 0 aromatic heterocycles. The van der Waals surface area contributed by atoms with E-state index in [1.807, 2.05) is 57.2 Å². The maximum absolute atomic E-state index is 13.6. The van der Waals surface area contributed by atoms with Crippen LogP contribution in [-0.2, 0) is 4.79 Å². The molecule has 236 valence electrons. The monoisotopic (exact) mass is 856 g/mol. The molecule has 0 atom stereocenters. The Bertz CT molecular complexity index is 1700. The number of nitrogens with one attached hydrogen (secondary N) is 4. The van der Waals surface area contributed by atoms with Crippen LogP contribution in [0.3, 0.4) is 0 Å². The highest BCUT2D eigenvalue weighted by atomic mass is 127. The summed E-state index contributed by atoms with van der Waals surface area (Å²) in [5.74, 6) is -2.19. The molecule has 4 aromatic carbocycles. The lowest BCUT2D eigenvalue weighted by atomic mass is 10.1. The zero-order valence-electron chi connectivity index (χ0n) is 24.7. The van der Waals surface area contributed by atoms with Crippen LogP contribution in [0.1, 0.15) is 45.2 Å². The van der Waals surface area contributed by atoms with Gasteiger partial charge in [0.15, 0.2) is 0 Å². The first-order valence-corrected chi connectivity index (χ1v) is 16.3. The summed E-state index contributed by atoms with van der Waals surface area (Å²) in [6.45, 7) is 6.07. The molecule has 0 saturated carbocycles. The molecule has 12 heteroatoms. The number of hydrogen-bond acceptors (Lipinski definition) is 5. The van der Waals surface area contributed by atoms with Crippen LogP contribution in [0.2, 0.25) is 5.02 Å². The Morgan fingerprint density at radius 1 is 0.733 bits per heavy atom. The minimum Gasteiger partial charge on any atom is -0.480 e. The van der Waals surface area contributed by atoms with Gasteiger partial charge in [0.25, 0.3) is 11.8 Å². The topological polar surface area (TPSA) is 120 Å². The van der Waals surface area contributed by atoms with Crippen LogP contribution in [0.25, 0.3) is 0 Å². The van der Waals surface area contributed by atoms with Crippen molar-refractivity contribution in [1.29, 1.82) is 0 Å². The molecule has 4 rings (SSSR count). The van der Waals surface area contributed by atoms with Gasteiger partial charge in [-0.2, -0.15) is 0 Å². The molecule has 0 bridgehead atoms. The molecule has 0 radical (unpaired) electrons. The van der Waals surface area contributed by atoms with Crippen LogP contribution in [0.4, 0.5) is 27.1 Å². The first kappa shape index (κ1) is 36.0. The van der Waals surface area contributed by atoms with Crippen molar-refractivity contribution in [3.8, 4) is 0 Å². The molecule has 0 heterocycles. The molecule has 0 aliphatic carbocycles. The third kappa shape index (κ3) is 11.2. The van der Waals surface area contributed by atoms with Crippen molar-refractivity contribution in [3.05, 3.63) is 113 Å². The summed E-state index contributed by atoms with van der Waals surface area (Å²) in [7, 11) is 0. The minimum atomic E-state index is -1.11. The van der Waals surface area contributed by atoms with E-state index in [0.29, 0.717) is 28.5 Å². The van der Waals surface area contributed by atoms with E-state index in [4.69, 9.17) is 16.7 Å². The minimum absolute atomic E-state index is 0.201. The summed E-state index contributed by atoms with van der Waals surface area (Å²) in [6, 6.07) is 20.8. The number of halogens is 4. The van der Waals surface area contributed by atoms with E-state index >= 15 is 0 Å². The van der Waals surface area contributed by atoms with Crippen molar-refractivity contribution in [3.63, 3.8) is 0 Å².